The lowest BCUT2D eigenvalue weighted by molar-refractivity contribution is -0.130. The molecular formula is C15H19N3O3S. The maximum absolute atomic E-state index is 12.4. The van der Waals surface area contributed by atoms with Gasteiger partial charge in [0.1, 0.15) is 6.54 Å². The number of amides is 1. The fourth-order valence-electron chi connectivity index (χ4n) is 3.05. The van der Waals surface area contributed by atoms with Crippen molar-refractivity contribution in [3.63, 3.8) is 0 Å². The van der Waals surface area contributed by atoms with Gasteiger partial charge in [0, 0.05) is 24.8 Å². The lowest BCUT2D eigenvalue weighted by atomic mass is 10.2. The van der Waals surface area contributed by atoms with Crippen molar-refractivity contribution in [2.24, 2.45) is 11.1 Å². The van der Waals surface area contributed by atoms with E-state index in [1.54, 1.807) is 4.90 Å². The van der Waals surface area contributed by atoms with Crippen LogP contribution < -0.4 is 5.14 Å². The Hall–Kier alpha value is -1.86. The smallest absolute Gasteiger partial charge is 0.242 e. The summed E-state index contributed by atoms with van der Waals surface area (Å²) in [5.74, 6) is -0.0953. The van der Waals surface area contributed by atoms with Gasteiger partial charge < -0.3 is 9.47 Å². The third-order valence-corrected chi connectivity index (χ3v) is 5.03. The molecule has 0 spiro atoms. The molecule has 6 nitrogen and oxygen atoms in total. The monoisotopic (exact) mass is 321 g/mol. The number of aromatic nitrogens is 1. The molecule has 2 heterocycles. The number of primary sulfonamides is 1. The number of benzene rings is 1. The minimum atomic E-state index is -3.48. The van der Waals surface area contributed by atoms with Gasteiger partial charge >= 0.3 is 0 Å². The van der Waals surface area contributed by atoms with Crippen LogP contribution >= 0.6 is 0 Å². The van der Waals surface area contributed by atoms with E-state index in [2.05, 4.69) is 0 Å². The van der Waals surface area contributed by atoms with Crippen molar-refractivity contribution < 1.29 is 13.2 Å². The van der Waals surface area contributed by atoms with Crippen molar-refractivity contribution in [1.82, 2.24) is 9.47 Å². The highest BCUT2D eigenvalue weighted by Crippen LogP contribution is 2.19. The first-order valence-corrected chi connectivity index (χ1v) is 8.96. The van der Waals surface area contributed by atoms with E-state index >= 15 is 0 Å². The van der Waals surface area contributed by atoms with E-state index in [0.717, 1.165) is 10.9 Å². The molecule has 1 aromatic heterocycles. The van der Waals surface area contributed by atoms with Crippen LogP contribution in [0.5, 0.6) is 0 Å². The molecule has 2 aromatic rings. The highest BCUT2D eigenvalue weighted by Gasteiger charge is 2.28. The lowest BCUT2D eigenvalue weighted by Crippen LogP contribution is -2.33. The summed E-state index contributed by atoms with van der Waals surface area (Å²) in [4.78, 5) is 14.1. The zero-order valence-electron chi connectivity index (χ0n) is 12.2. The summed E-state index contributed by atoms with van der Waals surface area (Å²) in [5, 5.41) is 6.17. The van der Waals surface area contributed by atoms with Crippen LogP contribution in [0.1, 0.15) is 6.42 Å². The summed E-state index contributed by atoms with van der Waals surface area (Å²) in [6.07, 6.45) is 2.59. The molecule has 118 valence electrons. The standard InChI is InChI=1S/C15H19N3O3S/c16-22(20,21)11-12-5-7-18(9-12)15(19)10-17-8-6-13-3-1-2-4-14(13)17/h1-4,6,8,12H,5,7,9-11H2,(H2,16,20,21)/t12-/m1/s1. The van der Waals surface area contributed by atoms with E-state index in [-0.39, 0.29) is 24.1 Å². The van der Waals surface area contributed by atoms with Gasteiger partial charge in [-0.3, -0.25) is 4.79 Å². The van der Waals surface area contributed by atoms with Gasteiger partial charge in [-0.15, -0.1) is 0 Å². The van der Waals surface area contributed by atoms with Crippen molar-refractivity contribution in [2.75, 3.05) is 18.8 Å². The number of rotatable bonds is 4. The van der Waals surface area contributed by atoms with Crippen molar-refractivity contribution in [2.45, 2.75) is 13.0 Å². The molecule has 0 bridgehead atoms. The number of hydrogen-bond acceptors (Lipinski definition) is 3. The first kappa shape index (κ1) is 15.1. The Morgan fingerprint density at radius 2 is 2.05 bits per heavy atom. The molecule has 1 aliphatic heterocycles. The number of likely N-dealkylation sites (tertiary alicyclic amines) is 1. The molecule has 0 aliphatic carbocycles. The average molecular weight is 321 g/mol. The van der Waals surface area contributed by atoms with Crippen molar-refractivity contribution in [3.8, 4) is 0 Å². The van der Waals surface area contributed by atoms with Gasteiger partial charge in [0.25, 0.3) is 0 Å². The summed E-state index contributed by atoms with van der Waals surface area (Å²) < 4.78 is 24.2. The third kappa shape index (κ3) is 3.31. The summed E-state index contributed by atoms with van der Waals surface area (Å²) in [7, 11) is -3.48. The number of carbonyl (C=O) groups is 1. The zero-order valence-corrected chi connectivity index (χ0v) is 13.0. The Bertz CT molecular complexity index is 797. The van der Waals surface area contributed by atoms with Crippen LogP contribution in [0.3, 0.4) is 0 Å². The second kappa shape index (κ2) is 5.73. The average Bonchev–Trinajstić information content (AvgIpc) is 3.05. The molecule has 22 heavy (non-hydrogen) atoms. The van der Waals surface area contributed by atoms with Crippen LogP contribution in [0.2, 0.25) is 0 Å². The van der Waals surface area contributed by atoms with E-state index in [4.69, 9.17) is 5.14 Å². The van der Waals surface area contributed by atoms with Gasteiger partial charge in [0.2, 0.25) is 15.9 Å². The number of nitrogens with two attached hydrogens (primary N) is 1. The number of para-hydroxylation sites is 1. The number of hydrogen-bond donors (Lipinski definition) is 1. The van der Waals surface area contributed by atoms with Gasteiger partial charge in [0.15, 0.2) is 0 Å². The minimum absolute atomic E-state index is 0.0123. The quantitative estimate of drug-likeness (QED) is 0.903. The molecule has 3 rings (SSSR count). The highest BCUT2D eigenvalue weighted by atomic mass is 32.2. The molecule has 2 N–H and O–H groups in total. The SMILES string of the molecule is NS(=O)(=O)C[C@@H]1CCN(C(=O)Cn2ccc3ccccc32)C1. The Kier molecular flexibility index (Phi) is 3.92. The van der Waals surface area contributed by atoms with Gasteiger partial charge in [-0.1, -0.05) is 18.2 Å². The normalized spacial score (nSPS) is 19.0. The molecule has 1 amide bonds. The molecule has 0 unspecified atom stereocenters. The van der Waals surface area contributed by atoms with E-state index in [1.165, 1.54) is 0 Å². The number of fused-ring (bicyclic) bond motifs is 1. The van der Waals surface area contributed by atoms with Crippen LogP contribution in [0.15, 0.2) is 36.5 Å². The highest BCUT2D eigenvalue weighted by molar-refractivity contribution is 7.89. The van der Waals surface area contributed by atoms with Crippen LogP contribution in [0.25, 0.3) is 10.9 Å². The van der Waals surface area contributed by atoms with Gasteiger partial charge in [0.05, 0.1) is 5.75 Å². The van der Waals surface area contributed by atoms with Crippen molar-refractivity contribution in [3.05, 3.63) is 36.5 Å². The van der Waals surface area contributed by atoms with E-state index in [1.807, 2.05) is 41.1 Å². The van der Waals surface area contributed by atoms with Crippen LogP contribution in [-0.2, 0) is 21.4 Å². The Labute approximate surface area is 129 Å². The second-order valence-corrected chi connectivity index (χ2v) is 7.49. The lowest BCUT2D eigenvalue weighted by Gasteiger charge is -2.17. The maximum Gasteiger partial charge on any atom is 0.242 e. The largest absolute Gasteiger partial charge is 0.341 e. The maximum atomic E-state index is 12.4. The van der Waals surface area contributed by atoms with E-state index in [0.29, 0.717) is 19.5 Å². The molecule has 1 fully saturated rings. The summed E-state index contributed by atoms with van der Waals surface area (Å²) in [6.45, 7) is 1.34. The minimum Gasteiger partial charge on any atom is -0.341 e. The Morgan fingerprint density at radius 1 is 1.27 bits per heavy atom. The van der Waals surface area contributed by atoms with E-state index < -0.39 is 10.0 Å². The fourth-order valence-corrected chi connectivity index (χ4v) is 3.98. The number of nitrogens with zero attached hydrogens (tertiary/aromatic N) is 2. The van der Waals surface area contributed by atoms with Crippen molar-refractivity contribution >= 4 is 26.8 Å². The summed E-state index contributed by atoms with van der Waals surface area (Å²) in [6, 6.07) is 9.88. The second-order valence-electron chi connectivity index (χ2n) is 5.83. The molecule has 1 atom stereocenters. The van der Waals surface area contributed by atoms with Gasteiger partial charge in [-0.25, -0.2) is 13.6 Å². The Morgan fingerprint density at radius 3 is 2.82 bits per heavy atom. The molecule has 0 saturated carbocycles. The van der Waals surface area contributed by atoms with Crippen LogP contribution in [0.4, 0.5) is 0 Å². The van der Waals surface area contributed by atoms with Crippen molar-refractivity contribution in [1.29, 1.82) is 0 Å². The molecule has 1 saturated heterocycles. The molecule has 0 radical (unpaired) electrons. The summed E-state index contributed by atoms with van der Waals surface area (Å²) in [5.41, 5.74) is 1.02. The molecule has 1 aliphatic rings. The predicted octanol–water partition coefficient (Wildman–Crippen LogP) is 0.778. The fraction of sp³-hybridized carbons (Fsp3) is 0.400. The molecular weight excluding hydrogens is 302 g/mol. The van der Waals surface area contributed by atoms with Crippen LogP contribution in [-0.4, -0.2) is 42.6 Å². The summed E-state index contributed by atoms with van der Waals surface area (Å²) >= 11 is 0. The topological polar surface area (TPSA) is 85.4 Å². The van der Waals surface area contributed by atoms with E-state index in [9.17, 15) is 13.2 Å². The number of carbonyl (C=O) groups excluding carboxylic acids is 1. The third-order valence-electron chi connectivity index (χ3n) is 4.09. The molecule has 1 aromatic carbocycles. The van der Waals surface area contributed by atoms with Gasteiger partial charge in [-0.2, -0.15) is 0 Å². The molecule has 7 heteroatoms. The first-order chi connectivity index (χ1) is 10.4. The van der Waals surface area contributed by atoms with Gasteiger partial charge in [-0.05, 0) is 29.9 Å². The first-order valence-electron chi connectivity index (χ1n) is 7.24. The number of sulfonamides is 1. The Balaban J connectivity index is 1.66. The van der Waals surface area contributed by atoms with Crippen LogP contribution in [0, 0.1) is 5.92 Å². The predicted molar refractivity (Wildman–Crippen MR) is 84.6 cm³/mol. The zero-order chi connectivity index (χ0) is 15.7.